The van der Waals surface area contributed by atoms with Crippen molar-refractivity contribution in [1.29, 1.82) is 0 Å². The molecule has 154 valence electrons. The molecule has 0 spiro atoms. The number of hydrogen-bond donors (Lipinski definition) is 0. The quantitative estimate of drug-likeness (QED) is 0.516. The molecule has 0 atom stereocenters. The number of hydrogen-bond acceptors (Lipinski definition) is 3. The maximum Gasteiger partial charge on any atom is 0.494 e. The van der Waals surface area contributed by atoms with Crippen molar-refractivity contribution in [2.45, 2.75) is 38.9 Å². The van der Waals surface area contributed by atoms with Crippen LogP contribution >= 0.6 is 0 Å². The molecular formula is C24H24BF2NO2. The molecule has 0 aromatic heterocycles. The van der Waals surface area contributed by atoms with Crippen LogP contribution in [0.2, 0.25) is 0 Å². The molecule has 0 bridgehead atoms. The zero-order valence-electron chi connectivity index (χ0n) is 17.5. The minimum Gasteiger partial charge on any atom is -0.399 e. The summed E-state index contributed by atoms with van der Waals surface area (Å²) in [4.78, 5) is 1.94. The van der Waals surface area contributed by atoms with Gasteiger partial charge in [0, 0.05) is 17.1 Å². The van der Waals surface area contributed by atoms with Crippen molar-refractivity contribution in [3.8, 4) is 0 Å². The summed E-state index contributed by atoms with van der Waals surface area (Å²) in [6.45, 7) is 8.08. The first-order valence-corrected chi connectivity index (χ1v) is 9.93. The van der Waals surface area contributed by atoms with Crippen LogP contribution in [0.25, 0.3) is 0 Å². The van der Waals surface area contributed by atoms with Crippen LogP contribution in [0.3, 0.4) is 0 Å². The Kier molecular flexibility index (Phi) is 5.16. The van der Waals surface area contributed by atoms with Crippen molar-refractivity contribution in [2.24, 2.45) is 0 Å². The second kappa shape index (κ2) is 7.53. The van der Waals surface area contributed by atoms with Crippen LogP contribution in [0.1, 0.15) is 27.7 Å². The third kappa shape index (κ3) is 3.85. The zero-order chi connectivity index (χ0) is 21.5. The van der Waals surface area contributed by atoms with E-state index in [1.54, 1.807) is 24.3 Å². The standard InChI is InChI=1S/C24H24BF2NO2/c1-23(2)24(3,4)30-25(29-23)17-5-11-20(12-6-17)28(21-13-7-18(26)8-14-21)22-15-9-19(27)10-16-22/h5-16H,1-4H3. The summed E-state index contributed by atoms with van der Waals surface area (Å²) in [5.41, 5.74) is 2.48. The lowest BCUT2D eigenvalue weighted by molar-refractivity contribution is 0.00578. The Hall–Kier alpha value is -2.70. The van der Waals surface area contributed by atoms with E-state index in [0.717, 1.165) is 22.5 Å². The van der Waals surface area contributed by atoms with E-state index in [4.69, 9.17) is 9.31 Å². The van der Waals surface area contributed by atoms with Crippen molar-refractivity contribution in [1.82, 2.24) is 0 Å². The molecule has 4 rings (SSSR count). The van der Waals surface area contributed by atoms with Crippen molar-refractivity contribution in [2.75, 3.05) is 4.90 Å². The fourth-order valence-electron chi connectivity index (χ4n) is 3.39. The maximum absolute atomic E-state index is 13.5. The maximum atomic E-state index is 13.5. The third-order valence-corrected chi connectivity index (χ3v) is 5.85. The van der Waals surface area contributed by atoms with Crippen molar-refractivity contribution < 1.29 is 18.1 Å². The van der Waals surface area contributed by atoms with Gasteiger partial charge in [0.15, 0.2) is 0 Å². The second-order valence-corrected chi connectivity index (χ2v) is 8.47. The molecule has 0 radical (unpaired) electrons. The van der Waals surface area contributed by atoms with Gasteiger partial charge in [0.1, 0.15) is 11.6 Å². The van der Waals surface area contributed by atoms with Gasteiger partial charge < -0.3 is 14.2 Å². The van der Waals surface area contributed by atoms with Crippen LogP contribution in [0.15, 0.2) is 72.8 Å². The zero-order valence-corrected chi connectivity index (χ0v) is 17.5. The number of anilines is 3. The fraction of sp³-hybridized carbons (Fsp3) is 0.250. The summed E-state index contributed by atoms with van der Waals surface area (Å²) >= 11 is 0. The first-order chi connectivity index (χ1) is 14.2. The van der Waals surface area contributed by atoms with E-state index in [1.807, 2.05) is 56.9 Å². The summed E-state index contributed by atoms with van der Waals surface area (Å²) in [5, 5.41) is 0. The van der Waals surface area contributed by atoms with E-state index in [1.165, 1.54) is 24.3 Å². The molecular weight excluding hydrogens is 383 g/mol. The number of rotatable bonds is 4. The summed E-state index contributed by atoms with van der Waals surface area (Å²) in [7, 11) is -0.450. The molecule has 3 aromatic rings. The minimum absolute atomic E-state index is 0.311. The molecule has 6 heteroatoms. The van der Waals surface area contributed by atoms with Gasteiger partial charge in [-0.2, -0.15) is 0 Å². The van der Waals surface area contributed by atoms with Crippen LogP contribution < -0.4 is 10.4 Å². The number of nitrogens with zero attached hydrogens (tertiary/aromatic N) is 1. The van der Waals surface area contributed by atoms with Gasteiger partial charge in [-0.1, -0.05) is 12.1 Å². The van der Waals surface area contributed by atoms with E-state index in [2.05, 4.69) is 0 Å². The van der Waals surface area contributed by atoms with Crippen molar-refractivity contribution in [3.63, 3.8) is 0 Å². The lowest BCUT2D eigenvalue weighted by Gasteiger charge is -2.32. The summed E-state index contributed by atoms with van der Waals surface area (Å²) in [6, 6.07) is 20.2. The van der Waals surface area contributed by atoms with E-state index in [0.29, 0.717) is 0 Å². The Morgan fingerprint density at radius 2 is 0.933 bits per heavy atom. The monoisotopic (exact) mass is 407 g/mol. The average Bonchev–Trinajstić information content (AvgIpc) is 2.93. The summed E-state index contributed by atoms with van der Waals surface area (Å²) < 4.78 is 39.2. The van der Waals surface area contributed by atoms with Gasteiger partial charge in [0.05, 0.1) is 11.2 Å². The van der Waals surface area contributed by atoms with E-state index < -0.39 is 18.3 Å². The molecule has 1 fully saturated rings. The highest BCUT2D eigenvalue weighted by Crippen LogP contribution is 2.37. The van der Waals surface area contributed by atoms with Gasteiger partial charge in [-0.3, -0.25) is 0 Å². The molecule has 0 amide bonds. The van der Waals surface area contributed by atoms with Crippen molar-refractivity contribution in [3.05, 3.63) is 84.4 Å². The lowest BCUT2D eigenvalue weighted by Crippen LogP contribution is -2.41. The highest BCUT2D eigenvalue weighted by Gasteiger charge is 2.51. The predicted molar refractivity (Wildman–Crippen MR) is 117 cm³/mol. The molecule has 0 unspecified atom stereocenters. The van der Waals surface area contributed by atoms with E-state index >= 15 is 0 Å². The van der Waals surface area contributed by atoms with Gasteiger partial charge in [0.2, 0.25) is 0 Å². The minimum atomic E-state index is -0.450. The predicted octanol–water partition coefficient (Wildman–Crippen LogP) is 5.73. The summed E-state index contributed by atoms with van der Waals surface area (Å²) in [6.07, 6.45) is 0. The molecule has 0 aliphatic carbocycles. The Morgan fingerprint density at radius 3 is 1.30 bits per heavy atom. The molecule has 0 N–H and O–H groups in total. The van der Waals surface area contributed by atoms with Gasteiger partial charge in [-0.25, -0.2) is 8.78 Å². The first-order valence-electron chi connectivity index (χ1n) is 9.93. The highest BCUT2D eigenvalue weighted by molar-refractivity contribution is 6.62. The van der Waals surface area contributed by atoms with Crippen LogP contribution in [0.5, 0.6) is 0 Å². The Balaban J connectivity index is 1.68. The normalized spacial score (nSPS) is 17.2. The van der Waals surface area contributed by atoms with Crippen LogP contribution in [0.4, 0.5) is 25.8 Å². The molecule has 30 heavy (non-hydrogen) atoms. The average molecular weight is 407 g/mol. The summed E-state index contributed by atoms with van der Waals surface area (Å²) in [5.74, 6) is -0.622. The Bertz CT molecular complexity index is 957. The van der Waals surface area contributed by atoms with Gasteiger partial charge in [-0.15, -0.1) is 0 Å². The van der Waals surface area contributed by atoms with Gasteiger partial charge >= 0.3 is 7.12 Å². The molecule has 1 heterocycles. The highest BCUT2D eigenvalue weighted by atomic mass is 19.1. The SMILES string of the molecule is CC1(C)OB(c2ccc(N(c3ccc(F)cc3)c3ccc(F)cc3)cc2)OC1(C)C. The van der Waals surface area contributed by atoms with Gasteiger partial charge in [-0.05, 0) is 93.8 Å². The molecule has 3 aromatic carbocycles. The van der Waals surface area contributed by atoms with Crippen LogP contribution in [-0.4, -0.2) is 18.3 Å². The number of halogens is 2. The van der Waals surface area contributed by atoms with E-state index in [9.17, 15) is 8.78 Å². The van der Waals surface area contributed by atoms with Crippen LogP contribution in [-0.2, 0) is 9.31 Å². The van der Waals surface area contributed by atoms with Crippen molar-refractivity contribution >= 4 is 29.6 Å². The molecule has 1 aliphatic rings. The molecule has 1 saturated heterocycles. The third-order valence-electron chi connectivity index (χ3n) is 5.85. The smallest absolute Gasteiger partial charge is 0.399 e. The van der Waals surface area contributed by atoms with Gasteiger partial charge in [0.25, 0.3) is 0 Å². The largest absolute Gasteiger partial charge is 0.494 e. The Morgan fingerprint density at radius 1 is 0.600 bits per heavy atom. The molecule has 0 saturated carbocycles. The molecule has 1 aliphatic heterocycles. The van der Waals surface area contributed by atoms with Crippen LogP contribution in [0, 0.1) is 11.6 Å². The van der Waals surface area contributed by atoms with E-state index in [-0.39, 0.29) is 11.6 Å². The fourth-order valence-corrected chi connectivity index (χ4v) is 3.39. The molecule has 3 nitrogen and oxygen atoms in total. The topological polar surface area (TPSA) is 21.7 Å². The Labute approximate surface area is 176 Å². The number of benzene rings is 3. The first kappa shape index (κ1) is 20.6. The lowest BCUT2D eigenvalue weighted by atomic mass is 9.79. The second-order valence-electron chi connectivity index (χ2n) is 8.47.